The zero-order valence-corrected chi connectivity index (χ0v) is 14.6. The first-order chi connectivity index (χ1) is 11.5. The lowest BCUT2D eigenvalue weighted by atomic mass is 10.1. The molecule has 0 fully saturated rings. The number of benzene rings is 2. The zero-order valence-electron chi connectivity index (χ0n) is 13.9. The second kappa shape index (κ2) is 8.50. The SMILES string of the molecule is CCc1ccccc1N(CCC(=O)Nc1ccc(Cl)cc1)C(C)=O. The first kappa shape index (κ1) is 18.0. The van der Waals surface area contributed by atoms with Crippen LogP contribution in [0.5, 0.6) is 0 Å². The number of halogens is 1. The smallest absolute Gasteiger partial charge is 0.226 e. The van der Waals surface area contributed by atoms with Gasteiger partial charge in [0.2, 0.25) is 11.8 Å². The molecule has 0 aliphatic rings. The van der Waals surface area contributed by atoms with Crippen molar-refractivity contribution < 1.29 is 9.59 Å². The lowest BCUT2D eigenvalue weighted by molar-refractivity contribution is -0.117. The molecule has 0 spiro atoms. The molecule has 2 rings (SSSR count). The van der Waals surface area contributed by atoms with Gasteiger partial charge in [0.1, 0.15) is 0 Å². The normalized spacial score (nSPS) is 10.3. The highest BCUT2D eigenvalue weighted by atomic mass is 35.5. The molecule has 0 bridgehead atoms. The van der Waals surface area contributed by atoms with Gasteiger partial charge >= 0.3 is 0 Å². The minimum atomic E-state index is -0.141. The Morgan fingerprint density at radius 2 is 1.75 bits per heavy atom. The minimum absolute atomic E-state index is 0.0739. The molecule has 2 aromatic carbocycles. The van der Waals surface area contributed by atoms with Crippen molar-refractivity contribution in [3.8, 4) is 0 Å². The molecule has 5 heteroatoms. The number of hydrogen-bond acceptors (Lipinski definition) is 2. The van der Waals surface area contributed by atoms with Crippen LogP contribution in [0.25, 0.3) is 0 Å². The lowest BCUT2D eigenvalue weighted by Crippen LogP contribution is -2.32. The molecule has 0 saturated carbocycles. The second-order valence-electron chi connectivity index (χ2n) is 5.46. The number of rotatable bonds is 6. The van der Waals surface area contributed by atoms with Crippen LogP contribution in [0.1, 0.15) is 25.8 Å². The maximum absolute atomic E-state index is 12.1. The summed E-state index contributed by atoms with van der Waals surface area (Å²) >= 11 is 5.83. The van der Waals surface area contributed by atoms with Crippen molar-refractivity contribution in [1.29, 1.82) is 0 Å². The first-order valence-electron chi connectivity index (χ1n) is 7.92. The number of nitrogens with one attached hydrogen (secondary N) is 1. The van der Waals surface area contributed by atoms with Crippen LogP contribution in [-0.4, -0.2) is 18.4 Å². The molecule has 0 aliphatic heterocycles. The molecule has 0 unspecified atom stereocenters. The van der Waals surface area contributed by atoms with Gasteiger partial charge in [0.25, 0.3) is 0 Å². The molecular weight excluding hydrogens is 324 g/mol. The summed E-state index contributed by atoms with van der Waals surface area (Å²) in [7, 11) is 0. The van der Waals surface area contributed by atoms with Crippen molar-refractivity contribution in [2.45, 2.75) is 26.7 Å². The quantitative estimate of drug-likeness (QED) is 0.850. The fourth-order valence-corrected chi connectivity index (χ4v) is 2.62. The molecule has 4 nitrogen and oxygen atoms in total. The Bertz CT molecular complexity index is 714. The Morgan fingerprint density at radius 3 is 2.38 bits per heavy atom. The molecular formula is C19H21ClN2O2. The van der Waals surface area contributed by atoms with E-state index in [2.05, 4.69) is 5.32 Å². The molecule has 24 heavy (non-hydrogen) atoms. The Kier molecular flexibility index (Phi) is 6.38. The summed E-state index contributed by atoms with van der Waals surface area (Å²) in [5.74, 6) is -0.215. The van der Waals surface area contributed by atoms with E-state index in [9.17, 15) is 9.59 Å². The topological polar surface area (TPSA) is 49.4 Å². The van der Waals surface area contributed by atoms with E-state index in [0.717, 1.165) is 17.7 Å². The number of nitrogens with zero attached hydrogens (tertiary/aromatic N) is 1. The Hall–Kier alpha value is -2.33. The van der Waals surface area contributed by atoms with Gasteiger partial charge in [-0.25, -0.2) is 0 Å². The summed E-state index contributed by atoms with van der Waals surface area (Å²) in [4.78, 5) is 25.8. The Labute approximate surface area is 147 Å². The van der Waals surface area contributed by atoms with E-state index in [1.807, 2.05) is 31.2 Å². The van der Waals surface area contributed by atoms with Gasteiger partial charge in [-0.2, -0.15) is 0 Å². The van der Waals surface area contributed by atoms with Crippen LogP contribution in [0, 0.1) is 0 Å². The molecule has 1 N–H and O–H groups in total. The lowest BCUT2D eigenvalue weighted by Gasteiger charge is -2.23. The number of hydrogen-bond donors (Lipinski definition) is 1. The largest absolute Gasteiger partial charge is 0.326 e. The van der Waals surface area contributed by atoms with Gasteiger partial charge in [0, 0.05) is 36.3 Å². The van der Waals surface area contributed by atoms with E-state index in [1.165, 1.54) is 6.92 Å². The van der Waals surface area contributed by atoms with Crippen LogP contribution >= 0.6 is 11.6 Å². The Balaban J connectivity index is 2.02. The minimum Gasteiger partial charge on any atom is -0.326 e. The fourth-order valence-electron chi connectivity index (χ4n) is 2.49. The highest BCUT2D eigenvalue weighted by molar-refractivity contribution is 6.30. The summed E-state index contributed by atoms with van der Waals surface area (Å²) in [6, 6.07) is 14.7. The van der Waals surface area contributed by atoms with Gasteiger partial charge in [0.15, 0.2) is 0 Å². The predicted molar refractivity (Wildman–Crippen MR) is 98.5 cm³/mol. The van der Waals surface area contributed by atoms with Crippen LogP contribution in [-0.2, 0) is 16.0 Å². The number of para-hydroxylation sites is 1. The van der Waals surface area contributed by atoms with E-state index < -0.39 is 0 Å². The maximum Gasteiger partial charge on any atom is 0.226 e. The van der Waals surface area contributed by atoms with Crippen molar-refractivity contribution in [1.82, 2.24) is 0 Å². The molecule has 0 radical (unpaired) electrons. The van der Waals surface area contributed by atoms with Crippen LogP contribution in [0.4, 0.5) is 11.4 Å². The van der Waals surface area contributed by atoms with E-state index in [0.29, 0.717) is 17.3 Å². The zero-order chi connectivity index (χ0) is 17.5. The van der Waals surface area contributed by atoms with E-state index >= 15 is 0 Å². The maximum atomic E-state index is 12.1. The summed E-state index contributed by atoms with van der Waals surface area (Å²) in [6.07, 6.45) is 1.05. The number of anilines is 2. The van der Waals surface area contributed by atoms with Crippen molar-refractivity contribution in [3.05, 3.63) is 59.1 Å². The summed E-state index contributed by atoms with van der Waals surface area (Å²) in [6.45, 7) is 3.90. The summed E-state index contributed by atoms with van der Waals surface area (Å²) in [5.41, 5.74) is 2.64. The number of carbonyl (C=O) groups excluding carboxylic acids is 2. The van der Waals surface area contributed by atoms with Crippen molar-refractivity contribution in [2.75, 3.05) is 16.8 Å². The van der Waals surface area contributed by atoms with Gasteiger partial charge < -0.3 is 10.2 Å². The van der Waals surface area contributed by atoms with Crippen LogP contribution in [0.15, 0.2) is 48.5 Å². The van der Waals surface area contributed by atoms with Crippen molar-refractivity contribution in [3.63, 3.8) is 0 Å². The molecule has 2 amide bonds. The molecule has 0 heterocycles. The third-order valence-corrected chi connectivity index (χ3v) is 3.99. The van der Waals surface area contributed by atoms with E-state index in [4.69, 9.17) is 11.6 Å². The first-order valence-corrected chi connectivity index (χ1v) is 8.30. The summed E-state index contributed by atoms with van der Waals surface area (Å²) < 4.78 is 0. The highest BCUT2D eigenvalue weighted by Gasteiger charge is 2.16. The van der Waals surface area contributed by atoms with Crippen LogP contribution in [0.2, 0.25) is 5.02 Å². The van der Waals surface area contributed by atoms with Crippen LogP contribution in [0.3, 0.4) is 0 Å². The number of amides is 2. The van der Waals surface area contributed by atoms with Gasteiger partial charge in [-0.1, -0.05) is 36.7 Å². The van der Waals surface area contributed by atoms with E-state index in [1.54, 1.807) is 29.2 Å². The standard InChI is InChI=1S/C19H21ClN2O2/c1-3-15-6-4-5-7-18(15)22(14(2)23)13-12-19(24)21-17-10-8-16(20)9-11-17/h4-11H,3,12-13H2,1-2H3,(H,21,24). The molecule has 126 valence electrons. The average Bonchev–Trinajstić information content (AvgIpc) is 2.57. The average molecular weight is 345 g/mol. The third kappa shape index (κ3) is 4.83. The summed E-state index contributed by atoms with van der Waals surface area (Å²) in [5, 5.41) is 3.43. The van der Waals surface area contributed by atoms with Gasteiger partial charge in [-0.3, -0.25) is 9.59 Å². The highest BCUT2D eigenvalue weighted by Crippen LogP contribution is 2.21. The number of carbonyl (C=O) groups is 2. The molecule has 0 atom stereocenters. The van der Waals surface area contributed by atoms with Gasteiger partial charge in [0.05, 0.1) is 0 Å². The van der Waals surface area contributed by atoms with Crippen molar-refractivity contribution in [2.24, 2.45) is 0 Å². The molecule has 0 saturated heterocycles. The second-order valence-corrected chi connectivity index (χ2v) is 5.89. The molecule has 0 aliphatic carbocycles. The molecule has 0 aromatic heterocycles. The monoisotopic (exact) mass is 344 g/mol. The fraction of sp³-hybridized carbons (Fsp3) is 0.263. The Morgan fingerprint density at radius 1 is 1.08 bits per heavy atom. The van der Waals surface area contributed by atoms with Gasteiger partial charge in [-0.15, -0.1) is 0 Å². The molecule has 2 aromatic rings. The van der Waals surface area contributed by atoms with Gasteiger partial charge in [-0.05, 0) is 42.3 Å². The van der Waals surface area contributed by atoms with E-state index in [-0.39, 0.29) is 18.2 Å². The predicted octanol–water partition coefficient (Wildman–Crippen LogP) is 4.28. The van der Waals surface area contributed by atoms with Crippen molar-refractivity contribution >= 4 is 34.8 Å². The van der Waals surface area contributed by atoms with Crippen LogP contribution < -0.4 is 10.2 Å². The number of aryl methyl sites for hydroxylation is 1. The third-order valence-electron chi connectivity index (χ3n) is 3.73.